The minimum Gasteiger partial charge on any atom is -0.454 e. The SMILES string of the molecule is Cc1cccc(-c2ccc(-c3cc(-c4ccccc4)ccn3)cc2-c2ccc3oc(-c4ccc(C(C)C)cn4)cc3c2)c1. The van der Waals surface area contributed by atoms with Crippen molar-refractivity contribution in [2.24, 2.45) is 0 Å². The van der Waals surface area contributed by atoms with E-state index >= 15 is 0 Å². The van der Waals surface area contributed by atoms with Gasteiger partial charge in [-0.2, -0.15) is 0 Å². The zero-order valence-electron chi connectivity index (χ0n) is 24.6. The van der Waals surface area contributed by atoms with Gasteiger partial charge >= 0.3 is 0 Å². The molecule has 0 aliphatic carbocycles. The van der Waals surface area contributed by atoms with Gasteiger partial charge in [0.2, 0.25) is 0 Å². The van der Waals surface area contributed by atoms with E-state index in [1.165, 1.54) is 27.8 Å². The molecule has 7 aromatic rings. The van der Waals surface area contributed by atoms with Crippen LogP contribution in [0, 0.1) is 6.92 Å². The molecule has 0 fully saturated rings. The van der Waals surface area contributed by atoms with Crippen LogP contribution in [-0.4, -0.2) is 9.97 Å². The van der Waals surface area contributed by atoms with Crippen LogP contribution in [0.15, 0.2) is 138 Å². The van der Waals surface area contributed by atoms with Crippen LogP contribution in [0.2, 0.25) is 0 Å². The molecule has 0 saturated heterocycles. The van der Waals surface area contributed by atoms with Gasteiger partial charge in [0.05, 0.1) is 5.69 Å². The largest absolute Gasteiger partial charge is 0.454 e. The van der Waals surface area contributed by atoms with Crippen molar-refractivity contribution in [2.45, 2.75) is 26.7 Å². The van der Waals surface area contributed by atoms with Crippen LogP contribution in [0.25, 0.3) is 67.1 Å². The van der Waals surface area contributed by atoms with Gasteiger partial charge in [-0.25, -0.2) is 0 Å². The monoisotopic (exact) mass is 556 g/mol. The van der Waals surface area contributed by atoms with E-state index in [1.54, 1.807) is 0 Å². The molecule has 0 aliphatic heterocycles. The highest BCUT2D eigenvalue weighted by atomic mass is 16.3. The van der Waals surface area contributed by atoms with Crippen molar-refractivity contribution in [3.05, 3.63) is 145 Å². The van der Waals surface area contributed by atoms with Gasteiger partial charge < -0.3 is 4.42 Å². The Kier molecular flexibility index (Phi) is 6.92. The molecule has 0 aliphatic rings. The highest BCUT2D eigenvalue weighted by molar-refractivity contribution is 5.92. The molecular weight excluding hydrogens is 524 g/mol. The third-order valence-corrected chi connectivity index (χ3v) is 8.04. The molecule has 0 radical (unpaired) electrons. The zero-order valence-corrected chi connectivity index (χ0v) is 24.6. The number of hydrogen-bond donors (Lipinski definition) is 0. The van der Waals surface area contributed by atoms with Crippen molar-refractivity contribution >= 4 is 11.0 Å². The van der Waals surface area contributed by atoms with E-state index in [1.807, 2.05) is 24.5 Å². The third kappa shape index (κ3) is 5.38. The maximum Gasteiger partial charge on any atom is 0.153 e. The smallest absolute Gasteiger partial charge is 0.153 e. The number of aryl methyl sites for hydroxylation is 1. The molecule has 3 heterocycles. The van der Waals surface area contributed by atoms with E-state index in [2.05, 4.69) is 135 Å². The molecule has 3 nitrogen and oxygen atoms in total. The second kappa shape index (κ2) is 11.2. The number of nitrogens with zero attached hydrogens (tertiary/aromatic N) is 2. The molecule has 43 heavy (non-hydrogen) atoms. The van der Waals surface area contributed by atoms with E-state index in [0.29, 0.717) is 5.92 Å². The number of benzene rings is 4. The molecular formula is C40H32N2O. The molecule has 0 saturated carbocycles. The average Bonchev–Trinajstić information content (AvgIpc) is 3.49. The quantitative estimate of drug-likeness (QED) is 0.204. The van der Waals surface area contributed by atoms with Gasteiger partial charge in [0.15, 0.2) is 5.76 Å². The molecule has 0 unspecified atom stereocenters. The lowest BCUT2D eigenvalue weighted by atomic mass is 9.90. The van der Waals surface area contributed by atoms with Crippen molar-refractivity contribution in [2.75, 3.05) is 0 Å². The Morgan fingerprint density at radius 2 is 1.37 bits per heavy atom. The lowest BCUT2D eigenvalue weighted by Gasteiger charge is -2.14. The Labute approximate surface area is 252 Å². The Bertz CT molecular complexity index is 2050. The third-order valence-electron chi connectivity index (χ3n) is 8.04. The lowest BCUT2D eigenvalue weighted by Crippen LogP contribution is -1.90. The van der Waals surface area contributed by atoms with Crippen molar-refractivity contribution in [3.8, 4) is 56.1 Å². The van der Waals surface area contributed by atoms with Crippen molar-refractivity contribution < 1.29 is 4.42 Å². The first kappa shape index (κ1) is 26.6. The molecule has 0 spiro atoms. The Balaban J connectivity index is 1.34. The first-order valence-electron chi connectivity index (χ1n) is 14.7. The molecule has 3 aromatic heterocycles. The summed E-state index contributed by atoms with van der Waals surface area (Å²) in [6.07, 6.45) is 3.84. The fourth-order valence-electron chi connectivity index (χ4n) is 5.64. The van der Waals surface area contributed by atoms with E-state index in [4.69, 9.17) is 9.40 Å². The van der Waals surface area contributed by atoms with Gasteiger partial charge in [-0.05, 0) is 94.3 Å². The summed E-state index contributed by atoms with van der Waals surface area (Å²) >= 11 is 0. The Hall–Kier alpha value is -5.28. The molecule has 0 N–H and O–H groups in total. The molecule has 0 amide bonds. The fourth-order valence-corrected chi connectivity index (χ4v) is 5.64. The predicted molar refractivity (Wildman–Crippen MR) is 178 cm³/mol. The van der Waals surface area contributed by atoms with Crippen molar-refractivity contribution in [1.29, 1.82) is 0 Å². The first-order valence-corrected chi connectivity index (χ1v) is 14.7. The highest BCUT2D eigenvalue weighted by Gasteiger charge is 2.14. The standard InChI is InChI=1S/C40H32N2O/c1-26(2)33-13-16-37(42-25-33)40-24-34-21-31(14-17-39(34)43-40)36-22-32(12-15-35(36)30-11-7-8-27(3)20-30)38-23-29(18-19-41-38)28-9-5-4-6-10-28/h4-26H,1-3H3. The van der Waals surface area contributed by atoms with Gasteiger partial charge in [0, 0.05) is 23.3 Å². The summed E-state index contributed by atoms with van der Waals surface area (Å²) in [6.45, 7) is 6.49. The van der Waals surface area contributed by atoms with Gasteiger partial charge in [0.1, 0.15) is 11.3 Å². The summed E-state index contributed by atoms with van der Waals surface area (Å²) in [7, 11) is 0. The number of fused-ring (bicyclic) bond motifs is 1. The van der Waals surface area contributed by atoms with Crippen LogP contribution in [0.3, 0.4) is 0 Å². The normalized spacial score (nSPS) is 11.3. The number of hydrogen-bond acceptors (Lipinski definition) is 3. The van der Waals surface area contributed by atoms with Crippen LogP contribution in [0.5, 0.6) is 0 Å². The first-order chi connectivity index (χ1) is 21.0. The summed E-state index contributed by atoms with van der Waals surface area (Å²) in [5, 5.41) is 1.05. The zero-order chi connectivity index (χ0) is 29.3. The van der Waals surface area contributed by atoms with Crippen molar-refractivity contribution in [3.63, 3.8) is 0 Å². The van der Waals surface area contributed by atoms with Gasteiger partial charge in [-0.15, -0.1) is 0 Å². The molecule has 4 aromatic carbocycles. The second-order valence-electron chi connectivity index (χ2n) is 11.4. The summed E-state index contributed by atoms with van der Waals surface area (Å²) < 4.78 is 6.25. The summed E-state index contributed by atoms with van der Waals surface area (Å²) in [4.78, 5) is 9.45. The Morgan fingerprint density at radius 1 is 0.558 bits per heavy atom. The average molecular weight is 557 g/mol. The van der Waals surface area contributed by atoms with E-state index < -0.39 is 0 Å². The van der Waals surface area contributed by atoms with Gasteiger partial charge in [-0.1, -0.05) is 98.3 Å². The van der Waals surface area contributed by atoms with Crippen molar-refractivity contribution in [1.82, 2.24) is 9.97 Å². The fraction of sp³-hybridized carbons (Fsp3) is 0.100. The molecule has 0 atom stereocenters. The predicted octanol–water partition coefficient (Wildman–Crippen LogP) is 11.0. The van der Waals surface area contributed by atoms with E-state index in [9.17, 15) is 0 Å². The van der Waals surface area contributed by atoms with Crippen LogP contribution >= 0.6 is 0 Å². The Morgan fingerprint density at radius 3 is 2.16 bits per heavy atom. The molecule has 0 bridgehead atoms. The number of pyridine rings is 2. The topological polar surface area (TPSA) is 38.9 Å². The summed E-state index contributed by atoms with van der Waals surface area (Å²) in [6, 6.07) is 42.7. The minimum atomic E-state index is 0.439. The van der Waals surface area contributed by atoms with Crippen LogP contribution in [0.1, 0.15) is 30.9 Å². The van der Waals surface area contributed by atoms with Crippen LogP contribution < -0.4 is 0 Å². The van der Waals surface area contributed by atoms with E-state index in [0.717, 1.165) is 50.4 Å². The minimum absolute atomic E-state index is 0.439. The molecule has 7 rings (SSSR count). The van der Waals surface area contributed by atoms with Gasteiger partial charge in [-0.3, -0.25) is 9.97 Å². The summed E-state index contributed by atoms with van der Waals surface area (Å²) in [5.74, 6) is 1.21. The maximum absolute atomic E-state index is 6.25. The number of furan rings is 1. The highest BCUT2D eigenvalue weighted by Crippen LogP contribution is 2.38. The summed E-state index contributed by atoms with van der Waals surface area (Å²) in [5.41, 5.74) is 13.1. The maximum atomic E-state index is 6.25. The van der Waals surface area contributed by atoms with Crippen LogP contribution in [0.4, 0.5) is 0 Å². The van der Waals surface area contributed by atoms with Gasteiger partial charge in [0.25, 0.3) is 0 Å². The second-order valence-corrected chi connectivity index (χ2v) is 11.4. The number of rotatable bonds is 6. The lowest BCUT2D eigenvalue weighted by molar-refractivity contribution is 0.628. The number of aromatic nitrogens is 2. The van der Waals surface area contributed by atoms with Crippen LogP contribution in [-0.2, 0) is 0 Å². The molecule has 3 heteroatoms. The van der Waals surface area contributed by atoms with E-state index in [-0.39, 0.29) is 0 Å². The molecule has 208 valence electrons.